The monoisotopic (exact) mass is 423 g/mol. The Kier molecular flexibility index (Phi) is 5.50. The molecule has 4 rings (SSSR count). The maximum absolute atomic E-state index is 13.5. The van der Waals surface area contributed by atoms with E-state index in [1.54, 1.807) is 36.1 Å². The Bertz CT molecular complexity index is 1210. The molecule has 3 heterocycles. The number of hydrogen-bond acceptors (Lipinski definition) is 5. The van der Waals surface area contributed by atoms with Crippen LogP contribution in [0.3, 0.4) is 0 Å². The van der Waals surface area contributed by atoms with Crippen LogP contribution in [0, 0.1) is 13.8 Å². The summed E-state index contributed by atoms with van der Waals surface area (Å²) in [5, 5.41) is 5.76. The van der Waals surface area contributed by atoms with Crippen LogP contribution in [0.25, 0.3) is 5.65 Å². The minimum absolute atomic E-state index is 0.143. The van der Waals surface area contributed by atoms with Gasteiger partial charge in [-0.1, -0.05) is 12.1 Å². The normalized spacial score (nSPS) is 16.4. The number of H-pyrrole nitrogens is 1. The fourth-order valence-electron chi connectivity index (χ4n) is 4.00. The molecule has 162 valence electrons. The van der Waals surface area contributed by atoms with Crippen LogP contribution < -0.4 is 10.9 Å². The third kappa shape index (κ3) is 3.78. The number of amides is 2. The van der Waals surface area contributed by atoms with E-state index in [1.807, 2.05) is 13.0 Å². The molecule has 2 amide bonds. The van der Waals surface area contributed by atoms with Crippen molar-refractivity contribution in [2.75, 3.05) is 19.0 Å². The number of carbonyl (C=O) groups excluding carboxylic acids is 2. The number of benzene rings is 1. The number of para-hydroxylation sites is 1. The Morgan fingerprint density at radius 1 is 1.23 bits per heavy atom. The quantitative estimate of drug-likeness (QED) is 0.673. The highest BCUT2D eigenvalue weighted by molar-refractivity contribution is 6.02. The van der Waals surface area contributed by atoms with Crippen molar-refractivity contribution in [2.24, 2.45) is 0 Å². The van der Waals surface area contributed by atoms with E-state index in [0.717, 1.165) is 25.0 Å². The summed E-state index contributed by atoms with van der Waals surface area (Å²) in [6, 6.07) is 8.46. The summed E-state index contributed by atoms with van der Waals surface area (Å²) in [7, 11) is 1.27. The fourth-order valence-corrected chi connectivity index (χ4v) is 4.00. The molecule has 9 heteroatoms. The number of likely N-dealkylation sites (tertiary alicyclic amines) is 1. The van der Waals surface area contributed by atoms with Crippen LogP contribution in [-0.4, -0.2) is 45.2 Å². The van der Waals surface area contributed by atoms with E-state index >= 15 is 0 Å². The lowest BCUT2D eigenvalue weighted by molar-refractivity contribution is 0.0606. The molecule has 1 aromatic carbocycles. The first-order valence-electron chi connectivity index (χ1n) is 10.2. The van der Waals surface area contributed by atoms with Gasteiger partial charge in [0.05, 0.1) is 30.1 Å². The molecule has 9 nitrogen and oxygen atoms in total. The number of nitrogens with zero attached hydrogens (tertiary/aromatic N) is 3. The lowest BCUT2D eigenvalue weighted by atomic mass is 9.98. The van der Waals surface area contributed by atoms with Gasteiger partial charge in [-0.2, -0.15) is 0 Å². The van der Waals surface area contributed by atoms with Gasteiger partial charge in [0, 0.05) is 23.9 Å². The number of carbonyl (C=O) groups is 2. The van der Waals surface area contributed by atoms with Gasteiger partial charge in [0.15, 0.2) is 5.65 Å². The fraction of sp³-hybridized carbons (Fsp3) is 0.364. The third-order valence-electron chi connectivity index (χ3n) is 5.81. The van der Waals surface area contributed by atoms with Crippen LogP contribution in [0.2, 0.25) is 0 Å². The zero-order valence-electron chi connectivity index (χ0n) is 17.8. The van der Waals surface area contributed by atoms with Crippen molar-refractivity contribution in [2.45, 2.75) is 39.2 Å². The van der Waals surface area contributed by atoms with E-state index in [9.17, 15) is 14.4 Å². The van der Waals surface area contributed by atoms with Gasteiger partial charge in [-0.25, -0.2) is 14.3 Å². The molecule has 3 aromatic rings. The topological polar surface area (TPSA) is 109 Å². The number of fused-ring (bicyclic) bond motifs is 1. The highest BCUT2D eigenvalue weighted by Crippen LogP contribution is 2.33. The van der Waals surface area contributed by atoms with E-state index < -0.39 is 6.09 Å². The number of aryl methyl sites for hydroxylation is 1. The first kappa shape index (κ1) is 20.6. The molecule has 0 unspecified atom stereocenters. The van der Waals surface area contributed by atoms with Crippen LogP contribution in [-0.2, 0) is 4.74 Å². The van der Waals surface area contributed by atoms with Crippen LogP contribution in [0.15, 0.2) is 35.1 Å². The number of ether oxygens (including phenoxy) is 1. The number of aromatic nitrogens is 3. The van der Waals surface area contributed by atoms with Crippen LogP contribution in [0.1, 0.15) is 52.6 Å². The SMILES string of the molecule is COC(=O)Nc1ccccc1C(=O)N1CCCC[C@H]1c1cc2nc(C)c(C)c(=O)n2[nH]1. The summed E-state index contributed by atoms with van der Waals surface area (Å²) in [6.45, 7) is 4.14. The van der Waals surface area contributed by atoms with Gasteiger partial charge in [-0.05, 0) is 45.2 Å². The van der Waals surface area contributed by atoms with Gasteiger partial charge in [0.25, 0.3) is 11.5 Å². The summed E-state index contributed by atoms with van der Waals surface area (Å²) < 4.78 is 6.10. The summed E-state index contributed by atoms with van der Waals surface area (Å²) in [4.78, 5) is 44.1. The predicted molar refractivity (Wildman–Crippen MR) is 115 cm³/mol. The number of nitrogens with one attached hydrogen (secondary N) is 2. The molecule has 0 bridgehead atoms. The summed E-state index contributed by atoms with van der Waals surface area (Å²) in [5.41, 5.74) is 3.22. The second-order valence-electron chi connectivity index (χ2n) is 7.70. The van der Waals surface area contributed by atoms with Gasteiger partial charge >= 0.3 is 6.09 Å². The number of methoxy groups -OCH3 is 1. The van der Waals surface area contributed by atoms with Crippen molar-refractivity contribution in [1.29, 1.82) is 0 Å². The Morgan fingerprint density at radius 2 is 2.00 bits per heavy atom. The van der Waals surface area contributed by atoms with Crippen molar-refractivity contribution in [3.05, 3.63) is 63.2 Å². The molecular weight excluding hydrogens is 398 g/mol. The van der Waals surface area contributed by atoms with Gasteiger partial charge in [-0.3, -0.25) is 20.0 Å². The van der Waals surface area contributed by atoms with Crippen molar-refractivity contribution in [1.82, 2.24) is 19.5 Å². The van der Waals surface area contributed by atoms with Crippen molar-refractivity contribution >= 4 is 23.3 Å². The molecule has 1 atom stereocenters. The highest BCUT2D eigenvalue weighted by atomic mass is 16.5. The van der Waals surface area contributed by atoms with Gasteiger partial charge in [0.2, 0.25) is 0 Å². The Hall–Kier alpha value is -3.62. The van der Waals surface area contributed by atoms with E-state index in [2.05, 4.69) is 20.1 Å². The molecule has 2 aromatic heterocycles. The smallest absolute Gasteiger partial charge is 0.411 e. The minimum Gasteiger partial charge on any atom is -0.453 e. The third-order valence-corrected chi connectivity index (χ3v) is 5.81. The largest absolute Gasteiger partial charge is 0.453 e. The second-order valence-corrected chi connectivity index (χ2v) is 7.70. The maximum atomic E-state index is 13.5. The predicted octanol–water partition coefficient (Wildman–Crippen LogP) is 3.19. The molecule has 0 saturated carbocycles. The first-order chi connectivity index (χ1) is 14.9. The molecule has 1 fully saturated rings. The summed E-state index contributed by atoms with van der Waals surface area (Å²) in [6.07, 6.45) is 1.97. The van der Waals surface area contributed by atoms with E-state index in [-0.39, 0.29) is 17.5 Å². The molecule has 0 aliphatic carbocycles. The number of hydrogen-bond donors (Lipinski definition) is 2. The molecule has 1 saturated heterocycles. The summed E-state index contributed by atoms with van der Waals surface area (Å²) >= 11 is 0. The van der Waals surface area contributed by atoms with Crippen LogP contribution in [0.4, 0.5) is 10.5 Å². The summed E-state index contributed by atoms with van der Waals surface area (Å²) in [5.74, 6) is -0.192. The van der Waals surface area contributed by atoms with E-state index in [4.69, 9.17) is 0 Å². The zero-order valence-corrected chi connectivity index (χ0v) is 17.8. The molecule has 0 radical (unpaired) electrons. The van der Waals surface area contributed by atoms with Crippen LogP contribution >= 0.6 is 0 Å². The zero-order chi connectivity index (χ0) is 22.1. The Morgan fingerprint density at radius 3 is 2.77 bits per heavy atom. The first-order valence-corrected chi connectivity index (χ1v) is 10.2. The van der Waals surface area contributed by atoms with E-state index in [0.29, 0.717) is 34.7 Å². The minimum atomic E-state index is -0.637. The van der Waals surface area contributed by atoms with Crippen LogP contribution in [0.5, 0.6) is 0 Å². The average molecular weight is 423 g/mol. The molecule has 2 N–H and O–H groups in total. The standard InChI is InChI=1S/C22H25N5O4/c1-13-14(2)23-19-12-17(25-27(19)20(13)28)18-10-6-7-11-26(18)21(29)15-8-4-5-9-16(15)24-22(30)31-3/h4-5,8-9,12,18,25H,6-7,10-11H2,1-3H3,(H,24,30)/t18-/m0/s1. The number of aromatic amines is 1. The second kappa shape index (κ2) is 8.25. The molecule has 1 aliphatic heterocycles. The van der Waals surface area contributed by atoms with Crippen molar-refractivity contribution < 1.29 is 14.3 Å². The van der Waals surface area contributed by atoms with Crippen molar-refractivity contribution in [3.8, 4) is 0 Å². The van der Waals surface area contributed by atoms with Crippen molar-refractivity contribution in [3.63, 3.8) is 0 Å². The lowest BCUT2D eigenvalue weighted by Crippen LogP contribution is -2.39. The highest BCUT2D eigenvalue weighted by Gasteiger charge is 2.31. The molecule has 1 aliphatic rings. The maximum Gasteiger partial charge on any atom is 0.411 e. The molecule has 0 spiro atoms. The molecule has 31 heavy (non-hydrogen) atoms. The van der Waals surface area contributed by atoms with E-state index in [1.165, 1.54) is 11.6 Å². The van der Waals surface area contributed by atoms with Gasteiger partial charge in [0.1, 0.15) is 0 Å². The van der Waals surface area contributed by atoms with Gasteiger partial charge < -0.3 is 9.64 Å². The Balaban J connectivity index is 1.71. The Labute approximate surface area is 179 Å². The lowest BCUT2D eigenvalue weighted by Gasteiger charge is -2.35. The number of piperidine rings is 1. The average Bonchev–Trinajstić information content (AvgIpc) is 3.21. The molecular formula is C22H25N5O4. The number of anilines is 1. The van der Waals surface area contributed by atoms with Gasteiger partial charge in [-0.15, -0.1) is 0 Å². The number of rotatable bonds is 3.